The zero-order valence-corrected chi connectivity index (χ0v) is 28.7. The second kappa shape index (κ2) is 10.5. The number of hydrogen-bond acceptors (Lipinski definition) is 2. The van der Waals surface area contributed by atoms with Gasteiger partial charge >= 0.3 is 0 Å². The Morgan fingerprint density at radius 2 is 1.00 bits per heavy atom. The van der Waals surface area contributed by atoms with Crippen molar-refractivity contribution in [2.75, 3.05) is 0 Å². The first-order valence-corrected chi connectivity index (χ1v) is 18.5. The first-order chi connectivity index (χ1) is 25.8. The summed E-state index contributed by atoms with van der Waals surface area (Å²) in [6.45, 7) is 0. The fourth-order valence-corrected chi connectivity index (χ4v) is 9.81. The Morgan fingerprint density at radius 3 is 1.79 bits per heavy atom. The first kappa shape index (κ1) is 28.1. The van der Waals surface area contributed by atoms with Crippen LogP contribution in [-0.4, -0.2) is 9.13 Å². The molecule has 242 valence electrons. The average molecular weight is 681 g/mol. The monoisotopic (exact) mass is 680 g/mol. The Labute approximate surface area is 301 Å². The highest BCUT2D eigenvalue weighted by Gasteiger charge is 2.20. The van der Waals surface area contributed by atoms with E-state index >= 15 is 0 Å². The van der Waals surface area contributed by atoms with Gasteiger partial charge in [0.05, 0.1) is 22.1 Å². The minimum Gasteiger partial charge on any atom is -0.455 e. The molecule has 52 heavy (non-hydrogen) atoms. The van der Waals surface area contributed by atoms with E-state index in [1.165, 1.54) is 69.3 Å². The topological polar surface area (TPSA) is 23.0 Å². The van der Waals surface area contributed by atoms with Gasteiger partial charge in [0.1, 0.15) is 11.2 Å². The fraction of sp³-hybridized carbons (Fsp3) is 0. The lowest BCUT2D eigenvalue weighted by atomic mass is 9.97. The summed E-state index contributed by atoms with van der Waals surface area (Å²) >= 11 is 1.85. The minimum atomic E-state index is 0.918. The molecule has 0 fully saturated rings. The van der Waals surface area contributed by atoms with Crippen molar-refractivity contribution >= 4 is 97.1 Å². The highest BCUT2D eigenvalue weighted by Crippen LogP contribution is 2.45. The molecule has 0 aliphatic carbocycles. The van der Waals surface area contributed by atoms with E-state index in [4.69, 9.17) is 4.42 Å². The third kappa shape index (κ3) is 3.79. The number of furan rings is 1. The molecule has 0 unspecified atom stereocenters. The lowest BCUT2D eigenvalue weighted by Gasteiger charge is -2.11. The Hall–Kier alpha value is -6.62. The molecule has 0 amide bonds. The molecule has 4 heteroatoms. The Bertz CT molecular complexity index is 3410. The number of benzene rings is 8. The third-order valence-electron chi connectivity index (χ3n) is 10.9. The van der Waals surface area contributed by atoms with Gasteiger partial charge in [-0.2, -0.15) is 0 Å². The molecule has 3 nitrogen and oxygen atoms in total. The highest BCUT2D eigenvalue weighted by molar-refractivity contribution is 7.26. The zero-order valence-electron chi connectivity index (χ0n) is 27.9. The van der Waals surface area contributed by atoms with Crippen LogP contribution in [0.3, 0.4) is 0 Å². The second-order valence-electron chi connectivity index (χ2n) is 13.7. The quantitative estimate of drug-likeness (QED) is 0.182. The van der Waals surface area contributed by atoms with E-state index in [1.807, 2.05) is 17.4 Å². The van der Waals surface area contributed by atoms with Crippen LogP contribution in [0.2, 0.25) is 0 Å². The Morgan fingerprint density at radius 1 is 0.365 bits per heavy atom. The zero-order chi connectivity index (χ0) is 33.9. The lowest BCUT2D eigenvalue weighted by Crippen LogP contribution is -1.95. The van der Waals surface area contributed by atoms with Crippen LogP contribution in [-0.2, 0) is 0 Å². The van der Waals surface area contributed by atoms with Crippen LogP contribution in [0.4, 0.5) is 0 Å². The van der Waals surface area contributed by atoms with Crippen LogP contribution < -0.4 is 0 Å². The number of thiophene rings is 1. The van der Waals surface area contributed by atoms with E-state index in [-0.39, 0.29) is 0 Å². The predicted molar refractivity (Wildman–Crippen MR) is 221 cm³/mol. The summed E-state index contributed by atoms with van der Waals surface area (Å²) in [6.07, 6.45) is 0. The molecular formula is C48H28N2OS. The largest absolute Gasteiger partial charge is 0.455 e. The SMILES string of the molecule is c1ccc(-n2c3ccccc3c3cc4c5ccccc5n(-c5ccc6sc7cccc(-c8cccc9c8oc8ccccc89)c7c6c5)c4cc32)cc1. The number of hydrogen-bond donors (Lipinski definition) is 0. The standard InChI is InChI=1S/C48H28N2OS/c1-2-12-29(13-3-1)49-40-20-7-4-14-31(40)37-27-38-32-15-5-8-21-41(32)50(43(38)28-42(37)49)30-24-25-45-39(26-30)47-34(17-11-23-46(47)52-45)36-19-10-18-35-33-16-6-9-22-44(33)51-48(35)36/h1-28H. The number of nitrogens with zero attached hydrogens (tertiary/aromatic N) is 2. The molecule has 0 aliphatic rings. The Kier molecular flexibility index (Phi) is 5.65. The van der Waals surface area contributed by atoms with Crippen molar-refractivity contribution in [1.82, 2.24) is 9.13 Å². The summed E-state index contributed by atoms with van der Waals surface area (Å²) in [4.78, 5) is 0. The van der Waals surface area contributed by atoms with Crippen molar-refractivity contribution in [3.63, 3.8) is 0 Å². The summed E-state index contributed by atoms with van der Waals surface area (Å²) in [5.41, 5.74) is 11.3. The molecule has 0 spiro atoms. The maximum Gasteiger partial charge on any atom is 0.143 e. The number of aromatic nitrogens is 2. The molecule has 0 N–H and O–H groups in total. The fourth-order valence-electron chi connectivity index (χ4n) is 8.70. The van der Waals surface area contributed by atoms with E-state index in [2.05, 4.69) is 173 Å². The van der Waals surface area contributed by atoms with Gasteiger partial charge in [-0.3, -0.25) is 0 Å². The van der Waals surface area contributed by atoms with Gasteiger partial charge < -0.3 is 13.6 Å². The number of fused-ring (bicyclic) bond motifs is 12. The maximum atomic E-state index is 6.55. The molecule has 0 saturated heterocycles. The molecular weight excluding hydrogens is 653 g/mol. The molecule has 12 rings (SSSR count). The van der Waals surface area contributed by atoms with Crippen LogP contribution >= 0.6 is 11.3 Å². The molecule has 0 bridgehead atoms. The van der Waals surface area contributed by atoms with Crippen LogP contribution in [0.1, 0.15) is 0 Å². The van der Waals surface area contributed by atoms with Crippen molar-refractivity contribution in [1.29, 1.82) is 0 Å². The van der Waals surface area contributed by atoms with E-state index in [9.17, 15) is 0 Å². The second-order valence-corrected chi connectivity index (χ2v) is 14.8. The summed E-state index contributed by atoms with van der Waals surface area (Å²) in [5, 5.41) is 9.86. The average Bonchev–Trinajstić information content (AvgIpc) is 3.94. The molecule has 0 aliphatic heterocycles. The molecule has 4 aromatic heterocycles. The van der Waals surface area contributed by atoms with Crippen molar-refractivity contribution in [2.24, 2.45) is 0 Å². The van der Waals surface area contributed by atoms with Gasteiger partial charge in [-0.05, 0) is 72.3 Å². The van der Waals surface area contributed by atoms with Gasteiger partial charge in [-0.25, -0.2) is 0 Å². The van der Waals surface area contributed by atoms with Crippen LogP contribution in [0.25, 0.3) is 108 Å². The molecule has 4 heterocycles. The first-order valence-electron chi connectivity index (χ1n) is 17.7. The maximum absolute atomic E-state index is 6.55. The molecule has 12 aromatic rings. The van der Waals surface area contributed by atoms with Crippen LogP contribution in [0.15, 0.2) is 174 Å². The van der Waals surface area contributed by atoms with Gasteiger partial charge in [0.2, 0.25) is 0 Å². The number of rotatable bonds is 3. The van der Waals surface area contributed by atoms with Gasteiger partial charge in [0.15, 0.2) is 0 Å². The van der Waals surface area contributed by atoms with Gasteiger partial charge in [0.25, 0.3) is 0 Å². The van der Waals surface area contributed by atoms with E-state index in [0.717, 1.165) is 38.9 Å². The van der Waals surface area contributed by atoms with Gasteiger partial charge in [-0.15, -0.1) is 11.3 Å². The predicted octanol–water partition coefficient (Wildman–Crippen LogP) is 13.8. The van der Waals surface area contributed by atoms with Gasteiger partial charge in [0, 0.05) is 69.4 Å². The van der Waals surface area contributed by atoms with Crippen LogP contribution in [0, 0.1) is 0 Å². The molecule has 0 atom stereocenters. The molecule has 8 aromatic carbocycles. The molecule has 0 saturated carbocycles. The van der Waals surface area contributed by atoms with E-state index < -0.39 is 0 Å². The molecule has 0 radical (unpaired) electrons. The van der Waals surface area contributed by atoms with Crippen molar-refractivity contribution in [2.45, 2.75) is 0 Å². The third-order valence-corrected chi connectivity index (χ3v) is 12.0. The van der Waals surface area contributed by atoms with Crippen molar-refractivity contribution in [3.8, 4) is 22.5 Å². The summed E-state index contributed by atoms with van der Waals surface area (Å²) in [5.74, 6) is 0. The van der Waals surface area contributed by atoms with Crippen molar-refractivity contribution < 1.29 is 4.42 Å². The smallest absolute Gasteiger partial charge is 0.143 e. The summed E-state index contributed by atoms with van der Waals surface area (Å²) in [6, 6.07) is 61.7. The van der Waals surface area contributed by atoms with Gasteiger partial charge in [-0.1, -0.05) is 103 Å². The normalized spacial score (nSPS) is 12.2. The minimum absolute atomic E-state index is 0.918. The van der Waals surface area contributed by atoms with Crippen molar-refractivity contribution in [3.05, 3.63) is 170 Å². The summed E-state index contributed by atoms with van der Waals surface area (Å²) in [7, 11) is 0. The number of para-hydroxylation sites is 5. The highest BCUT2D eigenvalue weighted by atomic mass is 32.1. The summed E-state index contributed by atoms with van der Waals surface area (Å²) < 4.78 is 14.0. The van der Waals surface area contributed by atoms with E-state index in [1.54, 1.807) is 0 Å². The lowest BCUT2D eigenvalue weighted by molar-refractivity contribution is 0.670. The Balaban J connectivity index is 1.16. The van der Waals surface area contributed by atoms with Crippen LogP contribution in [0.5, 0.6) is 0 Å². The van der Waals surface area contributed by atoms with E-state index in [0.29, 0.717) is 0 Å².